The number of amides is 2. The lowest BCUT2D eigenvalue weighted by atomic mass is 10.1. The molecule has 0 unspecified atom stereocenters. The van der Waals surface area contributed by atoms with E-state index in [1.165, 1.54) is 6.26 Å². The lowest BCUT2D eigenvalue weighted by Gasteiger charge is -2.10. The molecule has 6 nitrogen and oxygen atoms in total. The van der Waals surface area contributed by atoms with Gasteiger partial charge >= 0.3 is 0 Å². The maximum Gasteiger partial charge on any atom is 0.291 e. The van der Waals surface area contributed by atoms with E-state index in [0.717, 1.165) is 0 Å². The lowest BCUT2D eigenvalue weighted by Crippen LogP contribution is -2.26. The molecule has 2 rings (SSSR count). The zero-order valence-electron chi connectivity index (χ0n) is 11.3. The third kappa shape index (κ3) is 3.93. The summed E-state index contributed by atoms with van der Waals surface area (Å²) in [4.78, 5) is 24.0. The third-order valence-electron chi connectivity index (χ3n) is 2.79. The van der Waals surface area contributed by atoms with E-state index in [9.17, 15) is 9.59 Å². The first-order valence-corrected chi connectivity index (χ1v) is 6.55. The first-order chi connectivity index (χ1) is 10.2. The monoisotopic (exact) mass is 288 g/mol. The minimum atomic E-state index is -0.421. The van der Waals surface area contributed by atoms with Crippen LogP contribution in [0.25, 0.3) is 0 Å². The van der Waals surface area contributed by atoms with Gasteiger partial charge in [0.15, 0.2) is 5.76 Å². The number of carbonyl (C=O) groups excluding carboxylic acids is 2. The fourth-order valence-corrected chi connectivity index (χ4v) is 1.76. The molecule has 0 saturated carbocycles. The number of anilines is 1. The Kier molecular flexibility index (Phi) is 5.11. The predicted octanol–water partition coefficient (Wildman–Crippen LogP) is 1.64. The minimum Gasteiger partial charge on any atom is -0.459 e. The second kappa shape index (κ2) is 7.25. The second-order valence-electron chi connectivity index (χ2n) is 4.31. The number of benzene rings is 1. The van der Waals surface area contributed by atoms with Gasteiger partial charge in [-0.15, -0.1) is 0 Å². The highest BCUT2D eigenvalue weighted by molar-refractivity contribution is 6.07. The van der Waals surface area contributed by atoms with Gasteiger partial charge in [0.25, 0.3) is 11.8 Å². The number of para-hydroxylation sites is 1. The van der Waals surface area contributed by atoms with Crippen LogP contribution in [0.5, 0.6) is 0 Å². The molecule has 0 bridgehead atoms. The van der Waals surface area contributed by atoms with Gasteiger partial charge in [0.05, 0.1) is 17.5 Å². The predicted molar refractivity (Wildman–Crippen MR) is 77.1 cm³/mol. The molecule has 2 amide bonds. The number of aliphatic hydroxyl groups excluding tert-OH is 1. The van der Waals surface area contributed by atoms with E-state index in [0.29, 0.717) is 24.2 Å². The largest absolute Gasteiger partial charge is 0.459 e. The summed E-state index contributed by atoms with van der Waals surface area (Å²) in [5.41, 5.74) is 0.760. The fourth-order valence-electron chi connectivity index (χ4n) is 1.76. The van der Waals surface area contributed by atoms with Gasteiger partial charge in [0, 0.05) is 13.2 Å². The van der Waals surface area contributed by atoms with Crippen molar-refractivity contribution in [3.8, 4) is 0 Å². The van der Waals surface area contributed by atoms with Crippen LogP contribution in [0.15, 0.2) is 47.1 Å². The topological polar surface area (TPSA) is 91.6 Å². The van der Waals surface area contributed by atoms with Crippen LogP contribution in [0.1, 0.15) is 27.3 Å². The normalized spacial score (nSPS) is 10.1. The van der Waals surface area contributed by atoms with Gasteiger partial charge in [-0.05, 0) is 30.7 Å². The van der Waals surface area contributed by atoms with Gasteiger partial charge < -0.3 is 20.2 Å². The first kappa shape index (κ1) is 14.8. The van der Waals surface area contributed by atoms with Crippen LogP contribution in [0, 0.1) is 0 Å². The summed E-state index contributed by atoms with van der Waals surface area (Å²) in [5, 5.41) is 14.0. The van der Waals surface area contributed by atoms with Crippen LogP contribution in [-0.2, 0) is 0 Å². The van der Waals surface area contributed by atoms with Crippen molar-refractivity contribution in [2.75, 3.05) is 18.5 Å². The van der Waals surface area contributed by atoms with Gasteiger partial charge in [-0.3, -0.25) is 9.59 Å². The number of aliphatic hydroxyl groups is 1. The highest BCUT2D eigenvalue weighted by atomic mass is 16.3. The molecule has 0 saturated heterocycles. The summed E-state index contributed by atoms with van der Waals surface area (Å²) in [6.45, 7) is 0.382. The van der Waals surface area contributed by atoms with Crippen molar-refractivity contribution in [3.63, 3.8) is 0 Å². The van der Waals surface area contributed by atoms with E-state index >= 15 is 0 Å². The third-order valence-corrected chi connectivity index (χ3v) is 2.79. The molecule has 3 N–H and O–H groups in total. The number of hydrogen-bond acceptors (Lipinski definition) is 4. The average Bonchev–Trinajstić information content (AvgIpc) is 3.02. The molecule has 0 aliphatic carbocycles. The smallest absolute Gasteiger partial charge is 0.291 e. The van der Waals surface area contributed by atoms with E-state index in [1.807, 2.05) is 0 Å². The van der Waals surface area contributed by atoms with Gasteiger partial charge in [0.2, 0.25) is 0 Å². The Bertz CT molecular complexity index is 608. The molecule has 6 heteroatoms. The van der Waals surface area contributed by atoms with Crippen molar-refractivity contribution in [1.82, 2.24) is 5.32 Å². The van der Waals surface area contributed by atoms with E-state index in [2.05, 4.69) is 10.6 Å². The molecule has 0 radical (unpaired) electrons. The zero-order chi connectivity index (χ0) is 15.1. The van der Waals surface area contributed by atoms with Crippen molar-refractivity contribution in [2.24, 2.45) is 0 Å². The maximum atomic E-state index is 12.0. The van der Waals surface area contributed by atoms with Crippen molar-refractivity contribution < 1.29 is 19.1 Å². The summed E-state index contributed by atoms with van der Waals surface area (Å²) in [6.07, 6.45) is 1.88. The first-order valence-electron chi connectivity index (χ1n) is 6.55. The van der Waals surface area contributed by atoms with Crippen molar-refractivity contribution in [2.45, 2.75) is 6.42 Å². The molecule has 0 fully saturated rings. The Hall–Kier alpha value is -2.60. The Morgan fingerprint density at radius 1 is 1.10 bits per heavy atom. The van der Waals surface area contributed by atoms with Crippen molar-refractivity contribution in [3.05, 3.63) is 54.0 Å². The lowest BCUT2D eigenvalue weighted by molar-refractivity contribution is 0.0952. The van der Waals surface area contributed by atoms with Crippen LogP contribution in [0.4, 0.5) is 5.69 Å². The SMILES string of the molecule is O=C(Nc1ccccc1C(=O)NCCCO)c1ccco1. The van der Waals surface area contributed by atoms with E-state index in [4.69, 9.17) is 9.52 Å². The summed E-state index contributed by atoms with van der Waals surface area (Å²) in [7, 11) is 0. The molecule has 1 aromatic heterocycles. The van der Waals surface area contributed by atoms with Crippen LogP contribution < -0.4 is 10.6 Å². The number of carbonyl (C=O) groups is 2. The molecule has 1 heterocycles. The fraction of sp³-hybridized carbons (Fsp3) is 0.200. The van der Waals surface area contributed by atoms with Gasteiger partial charge in [0.1, 0.15) is 0 Å². The zero-order valence-corrected chi connectivity index (χ0v) is 11.3. The highest BCUT2D eigenvalue weighted by Gasteiger charge is 2.14. The molecular formula is C15H16N2O4. The number of hydrogen-bond donors (Lipinski definition) is 3. The van der Waals surface area contributed by atoms with Gasteiger partial charge in [-0.25, -0.2) is 0 Å². The van der Waals surface area contributed by atoms with Crippen LogP contribution in [0.2, 0.25) is 0 Å². The second-order valence-corrected chi connectivity index (χ2v) is 4.31. The van der Waals surface area contributed by atoms with Crippen LogP contribution >= 0.6 is 0 Å². The molecule has 0 aliphatic rings. The quantitative estimate of drug-likeness (QED) is 0.705. The molecule has 0 spiro atoms. The Balaban J connectivity index is 2.09. The van der Waals surface area contributed by atoms with Crippen LogP contribution in [-0.4, -0.2) is 30.1 Å². The Morgan fingerprint density at radius 2 is 1.90 bits per heavy atom. The molecule has 1 aromatic carbocycles. The average molecular weight is 288 g/mol. The number of rotatable bonds is 6. The van der Waals surface area contributed by atoms with Crippen molar-refractivity contribution in [1.29, 1.82) is 0 Å². The molecule has 21 heavy (non-hydrogen) atoms. The minimum absolute atomic E-state index is 0.0111. The van der Waals surface area contributed by atoms with Gasteiger partial charge in [-0.1, -0.05) is 12.1 Å². The molecular weight excluding hydrogens is 272 g/mol. The molecule has 0 atom stereocenters. The molecule has 110 valence electrons. The maximum absolute atomic E-state index is 12.0. The standard InChI is InChI=1S/C15H16N2O4/c18-9-4-8-16-14(19)11-5-1-2-6-12(11)17-15(20)13-7-3-10-21-13/h1-3,5-7,10,18H,4,8-9H2,(H,16,19)(H,17,20). The molecule has 2 aromatic rings. The van der Waals surface area contributed by atoms with Crippen LogP contribution in [0.3, 0.4) is 0 Å². The molecule has 0 aliphatic heterocycles. The van der Waals surface area contributed by atoms with E-state index in [1.54, 1.807) is 36.4 Å². The summed E-state index contributed by atoms with van der Waals surface area (Å²) in [5.74, 6) is -0.556. The highest BCUT2D eigenvalue weighted by Crippen LogP contribution is 2.16. The summed E-state index contributed by atoms with van der Waals surface area (Å²) >= 11 is 0. The van der Waals surface area contributed by atoms with E-state index < -0.39 is 5.91 Å². The van der Waals surface area contributed by atoms with Gasteiger partial charge in [-0.2, -0.15) is 0 Å². The number of furan rings is 1. The summed E-state index contributed by atoms with van der Waals surface area (Å²) < 4.78 is 5.01. The van der Waals surface area contributed by atoms with Crippen molar-refractivity contribution >= 4 is 17.5 Å². The van der Waals surface area contributed by atoms with E-state index in [-0.39, 0.29) is 18.3 Å². The summed E-state index contributed by atoms with van der Waals surface area (Å²) in [6, 6.07) is 9.85. The number of nitrogens with one attached hydrogen (secondary N) is 2. The Labute approximate surface area is 121 Å². The Morgan fingerprint density at radius 3 is 2.62 bits per heavy atom.